The van der Waals surface area contributed by atoms with Crippen molar-refractivity contribution in [2.24, 2.45) is 11.5 Å². The highest BCUT2D eigenvalue weighted by Crippen LogP contribution is 2.52. The summed E-state index contributed by atoms with van der Waals surface area (Å²) in [6.45, 7) is 1.94. The first-order valence-electron chi connectivity index (χ1n) is 7.42. The molecular formula is C14H21N6O2+. The van der Waals surface area contributed by atoms with Gasteiger partial charge in [-0.3, -0.25) is 22.1 Å². The van der Waals surface area contributed by atoms with Crippen molar-refractivity contribution in [3.63, 3.8) is 0 Å². The molecule has 5 unspecified atom stereocenters. The molecule has 0 radical (unpaired) electrons. The molecule has 0 aromatic heterocycles. The SMILES string of the molecule is CC1c2ccccc2N2C(N)NC(CO)C3NC(N)=[N+](O)C132. The van der Waals surface area contributed by atoms with Crippen LogP contribution in [0.5, 0.6) is 0 Å². The van der Waals surface area contributed by atoms with Crippen LogP contribution in [-0.2, 0) is 0 Å². The fourth-order valence-corrected chi connectivity index (χ4v) is 4.38. The van der Waals surface area contributed by atoms with Gasteiger partial charge in [0.2, 0.25) is 5.66 Å². The van der Waals surface area contributed by atoms with Crippen LogP contribution in [0.25, 0.3) is 0 Å². The number of fused-ring (bicyclic) bond motifs is 2. The third-order valence-electron chi connectivity index (χ3n) is 5.28. The molecule has 0 amide bonds. The van der Waals surface area contributed by atoms with Crippen molar-refractivity contribution < 1.29 is 15.1 Å². The first kappa shape index (κ1) is 13.6. The summed E-state index contributed by atoms with van der Waals surface area (Å²) < 4.78 is 1.08. The molecule has 3 aliphatic heterocycles. The highest BCUT2D eigenvalue weighted by molar-refractivity contribution is 5.77. The van der Waals surface area contributed by atoms with Gasteiger partial charge in [-0.25, -0.2) is 0 Å². The first-order chi connectivity index (χ1) is 10.5. The van der Waals surface area contributed by atoms with Crippen LogP contribution in [0, 0.1) is 0 Å². The summed E-state index contributed by atoms with van der Waals surface area (Å²) in [5.41, 5.74) is 13.5. The molecule has 4 rings (SSSR count). The standard InChI is InChI=1S/C14H20N6O2/c1-7-8-4-2-3-5-10(8)19-12(15)17-9(6-21)11-14(7,19)20(22)13(16)18-11/h2-5,7,9,11-12,17,21-22H,6,15H2,1H3,(H2,16,18)/p+1. The Morgan fingerprint density at radius 3 is 2.86 bits per heavy atom. The van der Waals surface area contributed by atoms with E-state index in [1.807, 2.05) is 36.1 Å². The number of rotatable bonds is 1. The molecule has 0 bridgehead atoms. The van der Waals surface area contributed by atoms with Gasteiger partial charge in [-0.05, 0) is 11.6 Å². The Morgan fingerprint density at radius 2 is 2.14 bits per heavy atom. The fourth-order valence-electron chi connectivity index (χ4n) is 4.38. The Kier molecular flexibility index (Phi) is 2.63. The van der Waals surface area contributed by atoms with Crippen LogP contribution in [0.15, 0.2) is 24.3 Å². The summed E-state index contributed by atoms with van der Waals surface area (Å²) in [6.07, 6.45) is -0.540. The molecule has 3 aliphatic rings. The van der Waals surface area contributed by atoms with E-state index in [2.05, 4.69) is 10.6 Å². The molecule has 8 N–H and O–H groups in total. The number of nitrogens with one attached hydrogen (secondary N) is 2. The molecule has 1 saturated heterocycles. The molecule has 8 heteroatoms. The number of benzene rings is 1. The molecule has 0 aliphatic carbocycles. The van der Waals surface area contributed by atoms with E-state index >= 15 is 0 Å². The van der Waals surface area contributed by atoms with E-state index in [-0.39, 0.29) is 30.6 Å². The van der Waals surface area contributed by atoms with Gasteiger partial charge in [0.05, 0.1) is 12.6 Å². The quantitative estimate of drug-likeness (QED) is 0.267. The monoisotopic (exact) mass is 305 g/mol. The summed E-state index contributed by atoms with van der Waals surface area (Å²) in [5, 5.41) is 26.7. The largest absolute Gasteiger partial charge is 0.395 e. The Morgan fingerprint density at radius 1 is 1.41 bits per heavy atom. The molecule has 1 aromatic rings. The van der Waals surface area contributed by atoms with Crippen LogP contribution in [0.3, 0.4) is 0 Å². The van der Waals surface area contributed by atoms with Gasteiger partial charge >= 0.3 is 5.96 Å². The number of guanidine groups is 1. The Hall–Kier alpha value is -2.03. The van der Waals surface area contributed by atoms with Gasteiger partial charge in [-0.1, -0.05) is 29.9 Å². The molecule has 3 heterocycles. The Labute approximate surface area is 128 Å². The normalized spacial score (nSPS) is 39.3. The van der Waals surface area contributed by atoms with Gasteiger partial charge in [0.1, 0.15) is 6.29 Å². The highest BCUT2D eigenvalue weighted by Gasteiger charge is 2.70. The number of aliphatic hydroxyl groups excluding tert-OH is 1. The van der Waals surface area contributed by atoms with Crippen LogP contribution < -0.4 is 27.0 Å². The molecule has 0 saturated carbocycles. The summed E-state index contributed by atoms with van der Waals surface area (Å²) in [4.78, 5) is 1.96. The number of hydroxylamine groups is 1. The molecule has 1 aromatic carbocycles. The average Bonchev–Trinajstić information content (AvgIpc) is 2.94. The third-order valence-corrected chi connectivity index (χ3v) is 5.28. The second-order valence-electron chi connectivity index (χ2n) is 6.15. The fraction of sp³-hybridized carbons (Fsp3) is 0.500. The highest BCUT2D eigenvalue weighted by atomic mass is 16.5. The third kappa shape index (κ3) is 1.31. The zero-order valence-electron chi connectivity index (χ0n) is 12.3. The number of nitrogens with two attached hydrogens (primary N) is 2. The van der Waals surface area contributed by atoms with Crippen molar-refractivity contribution in [2.75, 3.05) is 11.5 Å². The predicted octanol–water partition coefficient (Wildman–Crippen LogP) is -1.80. The van der Waals surface area contributed by atoms with E-state index in [1.165, 1.54) is 0 Å². The van der Waals surface area contributed by atoms with E-state index in [0.717, 1.165) is 16.0 Å². The predicted molar refractivity (Wildman–Crippen MR) is 80.2 cm³/mol. The number of aliphatic hydroxyl groups is 1. The smallest absolute Gasteiger partial charge is 0.383 e. The minimum Gasteiger partial charge on any atom is -0.395 e. The van der Waals surface area contributed by atoms with Gasteiger partial charge in [-0.2, -0.15) is 0 Å². The second kappa shape index (κ2) is 4.25. The maximum atomic E-state index is 10.7. The number of para-hydroxylation sites is 1. The summed E-state index contributed by atoms with van der Waals surface area (Å²) in [5.74, 6) is 0.124. The number of hydrogen-bond acceptors (Lipinski definition) is 7. The van der Waals surface area contributed by atoms with E-state index in [9.17, 15) is 10.3 Å². The van der Waals surface area contributed by atoms with E-state index in [1.54, 1.807) is 0 Å². The van der Waals surface area contributed by atoms with Crippen molar-refractivity contribution in [1.29, 1.82) is 0 Å². The maximum Gasteiger partial charge on any atom is 0.383 e. The number of hydrogen-bond donors (Lipinski definition) is 6. The van der Waals surface area contributed by atoms with Crippen LogP contribution in [0.2, 0.25) is 0 Å². The lowest BCUT2D eigenvalue weighted by Gasteiger charge is -2.50. The summed E-state index contributed by atoms with van der Waals surface area (Å²) >= 11 is 0. The lowest BCUT2D eigenvalue weighted by molar-refractivity contribution is -0.825. The number of nitrogens with zero attached hydrogens (tertiary/aromatic N) is 2. The summed E-state index contributed by atoms with van der Waals surface area (Å²) in [7, 11) is 0. The van der Waals surface area contributed by atoms with E-state index in [0.29, 0.717) is 0 Å². The van der Waals surface area contributed by atoms with Crippen molar-refractivity contribution in [2.45, 2.75) is 36.9 Å². The molecule has 1 spiro atoms. The molecule has 118 valence electrons. The number of anilines is 1. The topological polar surface area (TPSA) is 123 Å². The lowest BCUT2D eigenvalue weighted by atomic mass is 9.81. The molecule has 5 atom stereocenters. The van der Waals surface area contributed by atoms with Crippen LogP contribution >= 0.6 is 0 Å². The van der Waals surface area contributed by atoms with Crippen molar-refractivity contribution in [3.8, 4) is 0 Å². The zero-order valence-corrected chi connectivity index (χ0v) is 12.3. The Balaban J connectivity index is 1.98. The van der Waals surface area contributed by atoms with Crippen LogP contribution in [-0.4, -0.2) is 51.7 Å². The van der Waals surface area contributed by atoms with Crippen LogP contribution in [0.4, 0.5) is 5.69 Å². The first-order valence-corrected chi connectivity index (χ1v) is 7.42. The van der Waals surface area contributed by atoms with Crippen molar-refractivity contribution in [1.82, 2.24) is 10.6 Å². The maximum absolute atomic E-state index is 10.7. The van der Waals surface area contributed by atoms with Gasteiger partial charge in [0, 0.05) is 11.6 Å². The minimum atomic E-state index is -0.855. The molecule has 8 nitrogen and oxygen atoms in total. The molecule has 22 heavy (non-hydrogen) atoms. The molecule has 1 fully saturated rings. The summed E-state index contributed by atoms with van der Waals surface area (Å²) in [6, 6.07) is 7.32. The van der Waals surface area contributed by atoms with E-state index < -0.39 is 12.0 Å². The average molecular weight is 305 g/mol. The molecular weight excluding hydrogens is 284 g/mol. The van der Waals surface area contributed by atoms with Gasteiger partial charge in [-0.15, -0.1) is 0 Å². The minimum absolute atomic E-state index is 0.0468. The van der Waals surface area contributed by atoms with E-state index in [4.69, 9.17) is 11.5 Å². The van der Waals surface area contributed by atoms with Gasteiger partial charge < -0.3 is 15.2 Å². The van der Waals surface area contributed by atoms with Crippen LogP contribution in [0.1, 0.15) is 18.4 Å². The Bertz CT molecular complexity index is 664. The lowest BCUT2D eigenvalue weighted by Crippen LogP contribution is -2.80. The van der Waals surface area contributed by atoms with Crippen molar-refractivity contribution in [3.05, 3.63) is 29.8 Å². The zero-order chi connectivity index (χ0) is 15.6. The van der Waals surface area contributed by atoms with Crippen molar-refractivity contribution >= 4 is 11.6 Å². The van der Waals surface area contributed by atoms with Gasteiger partial charge in [0.15, 0.2) is 6.04 Å². The second-order valence-corrected chi connectivity index (χ2v) is 6.15. The van der Waals surface area contributed by atoms with Gasteiger partial charge in [0.25, 0.3) is 0 Å².